The van der Waals surface area contributed by atoms with Gasteiger partial charge in [0.05, 0.1) is 0 Å². The summed E-state index contributed by atoms with van der Waals surface area (Å²) < 4.78 is 0. The second-order valence-corrected chi connectivity index (χ2v) is 0.743. The molecular weight excluding hydrogens is 167 g/mol. The zero-order valence-electron chi connectivity index (χ0n) is 3.93. The maximum atomic E-state index is 9.65. The Hall–Kier alpha value is 0.574. The predicted molar refractivity (Wildman–Crippen MR) is 26.7 cm³/mol. The van der Waals surface area contributed by atoms with Gasteiger partial charge in [-0.2, -0.15) is 0 Å². The number of hydrogen-bond acceptors (Lipinski definition) is 1. The van der Waals surface area contributed by atoms with Gasteiger partial charge in [0.15, 0.2) is 0 Å². The van der Waals surface area contributed by atoms with E-state index in [9.17, 15) is 4.79 Å². The summed E-state index contributed by atoms with van der Waals surface area (Å²) in [5, 5.41) is 3.25. The van der Waals surface area contributed by atoms with Crippen LogP contribution < -0.4 is 0 Å². The van der Waals surface area contributed by atoms with Gasteiger partial charge in [0.25, 0.3) is 0 Å². The molecule has 0 aliphatic carbocycles. The van der Waals surface area contributed by atoms with E-state index in [4.69, 9.17) is 0 Å². The Balaban J connectivity index is -0.0000000800. The summed E-state index contributed by atoms with van der Waals surface area (Å²) in [5.74, 6) is -0.120. The maximum Gasteiger partial charge on any atom is 0.0478 e. The summed E-state index contributed by atoms with van der Waals surface area (Å²) in [5.41, 5.74) is 0. The minimum Gasteiger partial charge on any atom is -0.656 e. The van der Waals surface area contributed by atoms with Gasteiger partial charge in [-0.25, -0.2) is 0 Å². The number of carbonyl (C=O) groups is 1. The molecule has 0 rings (SSSR count). The van der Waals surface area contributed by atoms with Crippen LogP contribution in [0.4, 0.5) is 0 Å². The van der Waals surface area contributed by atoms with E-state index in [2.05, 4.69) is 5.32 Å². The first-order chi connectivity index (χ1) is 2.27. The summed E-state index contributed by atoms with van der Waals surface area (Å²) in [7, 11) is 1.47. The first-order valence-electron chi connectivity index (χ1n) is 1.37. The topological polar surface area (TPSA) is 31.2 Å². The van der Waals surface area contributed by atoms with Crippen molar-refractivity contribution < 1.29 is 37.5 Å². The van der Waals surface area contributed by atoms with Crippen molar-refractivity contribution in [3.8, 4) is 0 Å². The Bertz CT molecular complexity index is 47.0. The molecule has 2 nitrogen and oxygen atoms in total. The zero-order valence-corrected chi connectivity index (χ0v) is 6.77. The summed E-state index contributed by atoms with van der Waals surface area (Å²) >= 11 is 0. The molecule has 0 spiro atoms. The van der Waals surface area contributed by atoms with Crippen molar-refractivity contribution in [1.82, 2.24) is 0 Å². The molecule has 7 heavy (non-hydrogen) atoms. The van der Waals surface area contributed by atoms with Crippen LogP contribution in [0.1, 0.15) is 14.4 Å². The number of hydrogen-bond donors (Lipinski definition) is 0. The summed E-state index contributed by atoms with van der Waals surface area (Å²) in [6.07, 6.45) is 0. The average molecular weight is 177 g/mol. The number of rotatable bonds is 0. The van der Waals surface area contributed by atoms with Gasteiger partial charge in [-0.15, -0.1) is 7.05 Å². The third-order valence-electron chi connectivity index (χ3n) is 0.315. The minimum atomic E-state index is -0.120. The van der Waals surface area contributed by atoms with Crippen LogP contribution in [0.2, 0.25) is 0 Å². The Labute approximate surface area is 69.9 Å². The molecule has 0 saturated heterocycles. The van der Waals surface area contributed by atoms with E-state index in [1.54, 1.807) is 0 Å². The Kier molecular flexibility index (Phi) is 21.8. The van der Waals surface area contributed by atoms with Gasteiger partial charge in [-0.1, -0.05) is 7.43 Å². The molecule has 0 aliphatic rings. The molecule has 3 heteroatoms. The molecule has 0 aliphatic heterocycles. The normalized spacial score (nSPS) is 4.86. The first kappa shape index (κ1) is 15.6. The van der Waals surface area contributed by atoms with Gasteiger partial charge in [0.2, 0.25) is 0 Å². The smallest absolute Gasteiger partial charge is 0.0478 e. The molecule has 41 valence electrons. The fourth-order valence-corrected chi connectivity index (χ4v) is 0. The number of amides is 1. The van der Waals surface area contributed by atoms with Crippen LogP contribution in [-0.2, 0) is 37.5 Å². The third kappa shape index (κ3) is 20.8. The van der Waals surface area contributed by atoms with Gasteiger partial charge >= 0.3 is 0 Å². The predicted octanol–water partition coefficient (Wildman–Crippen LogP) is 1.17. The van der Waals surface area contributed by atoms with Gasteiger partial charge < -0.3 is 10.1 Å². The molecule has 0 N–H and O–H groups in total. The van der Waals surface area contributed by atoms with Gasteiger partial charge in [-0.05, 0) is 6.92 Å². The van der Waals surface area contributed by atoms with E-state index in [1.807, 2.05) is 0 Å². The molecule has 0 atom stereocenters. The van der Waals surface area contributed by atoms with Crippen LogP contribution in [0.25, 0.3) is 5.32 Å². The molecule has 0 fully saturated rings. The van der Waals surface area contributed by atoms with Crippen molar-refractivity contribution in [2.75, 3.05) is 7.05 Å². The standard InChI is InChI=1S/C3H7NO.CH4.Y/c1-3(5)4-2;;/h1-2H3,(H,4,5);1H4;/p-1. The van der Waals surface area contributed by atoms with Crippen molar-refractivity contribution in [1.29, 1.82) is 0 Å². The van der Waals surface area contributed by atoms with E-state index < -0.39 is 0 Å². The second-order valence-electron chi connectivity index (χ2n) is 0.743. The molecule has 0 aromatic rings. The minimum absolute atomic E-state index is 0. The van der Waals surface area contributed by atoms with Gasteiger partial charge in [0.1, 0.15) is 0 Å². The van der Waals surface area contributed by atoms with E-state index in [-0.39, 0.29) is 46.0 Å². The SMILES string of the molecule is C.C[N-]C(C)=O.[Y]. The molecule has 0 unspecified atom stereocenters. The number of nitrogens with zero attached hydrogens (tertiary/aromatic N) is 1. The summed E-state index contributed by atoms with van der Waals surface area (Å²) in [4.78, 5) is 9.65. The van der Waals surface area contributed by atoms with Crippen LogP contribution in [-0.4, -0.2) is 13.0 Å². The van der Waals surface area contributed by atoms with Crippen LogP contribution >= 0.6 is 0 Å². The van der Waals surface area contributed by atoms with E-state index in [1.165, 1.54) is 14.0 Å². The molecule has 1 radical (unpaired) electrons. The van der Waals surface area contributed by atoms with E-state index >= 15 is 0 Å². The quantitative estimate of drug-likeness (QED) is 0.546. The molecule has 0 aromatic heterocycles. The van der Waals surface area contributed by atoms with Crippen molar-refractivity contribution in [3.05, 3.63) is 5.32 Å². The van der Waals surface area contributed by atoms with Gasteiger partial charge in [0, 0.05) is 38.6 Å². The number of carbonyl (C=O) groups excluding carboxylic acids is 1. The van der Waals surface area contributed by atoms with Crippen molar-refractivity contribution in [3.63, 3.8) is 0 Å². The van der Waals surface area contributed by atoms with Gasteiger partial charge in [-0.3, -0.25) is 0 Å². The molecule has 0 heterocycles. The maximum absolute atomic E-state index is 9.65. The monoisotopic (exact) mass is 177 g/mol. The fraction of sp³-hybridized carbons (Fsp3) is 0.750. The summed E-state index contributed by atoms with van der Waals surface area (Å²) in [6, 6.07) is 0. The Morgan fingerprint density at radius 2 is 1.71 bits per heavy atom. The first-order valence-corrected chi connectivity index (χ1v) is 1.37. The van der Waals surface area contributed by atoms with Crippen LogP contribution in [0.15, 0.2) is 0 Å². The van der Waals surface area contributed by atoms with Crippen molar-refractivity contribution >= 4 is 5.91 Å². The summed E-state index contributed by atoms with van der Waals surface area (Å²) in [6.45, 7) is 1.42. The largest absolute Gasteiger partial charge is 0.656 e. The van der Waals surface area contributed by atoms with E-state index in [0.29, 0.717) is 0 Å². The Morgan fingerprint density at radius 3 is 1.71 bits per heavy atom. The van der Waals surface area contributed by atoms with Crippen LogP contribution in [0.5, 0.6) is 0 Å². The molecule has 0 saturated carbocycles. The average Bonchev–Trinajstić information content (AvgIpc) is 1.38. The molecular formula is C4H10NOY-. The molecule has 0 aromatic carbocycles. The third-order valence-corrected chi connectivity index (χ3v) is 0.315. The zero-order chi connectivity index (χ0) is 4.28. The fourth-order valence-electron chi connectivity index (χ4n) is 0. The van der Waals surface area contributed by atoms with Crippen molar-refractivity contribution in [2.24, 2.45) is 0 Å². The Morgan fingerprint density at radius 1 is 1.57 bits per heavy atom. The molecule has 1 amide bonds. The van der Waals surface area contributed by atoms with Crippen LogP contribution in [0, 0.1) is 0 Å². The second kappa shape index (κ2) is 9.76. The van der Waals surface area contributed by atoms with Crippen molar-refractivity contribution in [2.45, 2.75) is 14.4 Å². The van der Waals surface area contributed by atoms with E-state index in [0.717, 1.165) is 0 Å². The molecule has 0 bridgehead atoms. The van der Waals surface area contributed by atoms with Crippen LogP contribution in [0.3, 0.4) is 0 Å².